The van der Waals surface area contributed by atoms with Crippen molar-refractivity contribution in [3.05, 3.63) is 47.8 Å². The lowest BCUT2D eigenvalue weighted by molar-refractivity contribution is -0.124. The third kappa shape index (κ3) is 3.39. The lowest BCUT2D eigenvalue weighted by Gasteiger charge is -2.48. The average Bonchev–Trinajstić information content (AvgIpc) is 3.25. The van der Waals surface area contributed by atoms with Gasteiger partial charge in [-0.2, -0.15) is 5.10 Å². The van der Waals surface area contributed by atoms with Gasteiger partial charge in [0.1, 0.15) is 12.2 Å². The topological polar surface area (TPSA) is 87.5 Å². The number of hydrogen-bond acceptors (Lipinski definition) is 4. The minimum Gasteiger partial charge on any atom is -0.355 e. The van der Waals surface area contributed by atoms with Gasteiger partial charge in [-0.25, -0.2) is 0 Å². The monoisotopic (exact) mass is 395 g/mol. The summed E-state index contributed by atoms with van der Waals surface area (Å²) < 4.78 is 1.75. The fourth-order valence-electron chi connectivity index (χ4n) is 4.26. The Morgan fingerprint density at radius 2 is 2.07 bits per heavy atom. The maximum Gasteiger partial charge on any atom is 0.258 e. The molecule has 1 aromatic heterocycles. The third-order valence-electron chi connectivity index (χ3n) is 5.77. The van der Waals surface area contributed by atoms with E-state index in [0.29, 0.717) is 30.6 Å². The second-order valence-corrected chi connectivity index (χ2v) is 7.83. The minimum absolute atomic E-state index is 0.0191. The number of benzene rings is 1. The highest BCUT2D eigenvalue weighted by Gasteiger charge is 2.53. The van der Waals surface area contributed by atoms with Crippen LogP contribution < -0.4 is 10.2 Å². The summed E-state index contributed by atoms with van der Waals surface area (Å²) in [7, 11) is 1.87. The summed E-state index contributed by atoms with van der Waals surface area (Å²) in [6.45, 7) is 2.31. The van der Waals surface area contributed by atoms with Gasteiger partial charge in [0.15, 0.2) is 0 Å². The van der Waals surface area contributed by atoms with Crippen molar-refractivity contribution in [3.8, 4) is 0 Å². The predicted molar refractivity (Wildman–Crippen MR) is 107 cm³/mol. The number of aromatic nitrogens is 2. The van der Waals surface area contributed by atoms with Gasteiger partial charge in [-0.15, -0.1) is 0 Å². The molecule has 152 valence electrons. The van der Waals surface area contributed by atoms with E-state index in [9.17, 15) is 14.4 Å². The molecular weight excluding hydrogens is 370 g/mol. The molecule has 8 nitrogen and oxygen atoms in total. The Hall–Kier alpha value is -3.16. The van der Waals surface area contributed by atoms with Gasteiger partial charge >= 0.3 is 0 Å². The Bertz CT molecular complexity index is 969. The molecule has 2 aliphatic rings. The SMILES string of the molecule is Cn1cc(CCCNC(=O)CN2C(=O)c3ccccc3N3C(=O)CCC23C)cn1. The van der Waals surface area contributed by atoms with Crippen molar-refractivity contribution in [1.82, 2.24) is 20.0 Å². The predicted octanol–water partition coefficient (Wildman–Crippen LogP) is 1.47. The molecule has 0 bridgehead atoms. The van der Waals surface area contributed by atoms with E-state index < -0.39 is 5.66 Å². The molecule has 3 amide bonds. The van der Waals surface area contributed by atoms with Gasteiger partial charge in [0.2, 0.25) is 11.8 Å². The largest absolute Gasteiger partial charge is 0.355 e. The summed E-state index contributed by atoms with van der Waals surface area (Å²) in [5, 5.41) is 7.03. The van der Waals surface area contributed by atoms with E-state index >= 15 is 0 Å². The number of carbonyl (C=O) groups excluding carboxylic acids is 3. The van der Waals surface area contributed by atoms with Gasteiger partial charge in [0.25, 0.3) is 5.91 Å². The number of carbonyl (C=O) groups is 3. The van der Waals surface area contributed by atoms with Gasteiger partial charge in [-0.05, 0) is 43.9 Å². The fourth-order valence-corrected chi connectivity index (χ4v) is 4.26. The molecular formula is C21H25N5O3. The van der Waals surface area contributed by atoms with Crippen LogP contribution in [0.4, 0.5) is 5.69 Å². The number of hydrogen-bond donors (Lipinski definition) is 1. The summed E-state index contributed by atoms with van der Waals surface area (Å²) in [5.74, 6) is -0.446. The summed E-state index contributed by atoms with van der Waals surface area (Å²) >= 11 is 0. The van der Waals surface area contributed by atoms with Crippen LogP contribution in [-0.2, 0) is 23.1 Å². The molecule has 2 aliphatic heterocycles. The van der Waals surface area contributed by atoms with Crippen molar-refractivity contribution in [2.45, 2.75) is 38.3 Å². The average molecular weight is 395 g/mol. The molecule has 2 aromatic rings. The molecule has 1 N–H and O–H groups in total. The first-order chi connectivity index (χ1) is 13.9. The van der Waals surface area contributed by atoms with Crippen LogP contribution >= 0.6 is 0 Å². The van der Waals surface area contributed by atoms with Crippen molar-refractivity contribution < 1.29 is 14.4 Å². The number of anilines is 1. The highest BCUT2D eigenvalue weighted by molar-refractivity contribution is 6.11. The first-order valence-electron chi connectivity index (χ1n) is 9.88. The van der Waals surface area contributed by atoms with Crippen LogP contribution in [0.5, 0.6) is 0 Å². The van der Waals surface area contributed by atoms with Gasteiger partial charge < -0.3 is 10.2 Å². The molecule has 0 radical (unpaired) electrons. The lowest BCUT2D eigenvalue weighted by atomic mass is 9.98. The smallest absolute Gasteiger partial charge is 0.258 e. The third-order valence-corrected chi connectivity index (χ3v) is 5.77. The molecule has 0 spiro atoms. The van der Waals surface area contributed by atoms with Crippen LogP contribution in [0.2, 0.25) is 0 Å². The molecule has 3 heterocycles. The van der Waals surface area contributed by atoms with Gasteiger partial charge in [-0.3, -0.25) is 24.0 Å². The van der Waals surface area contributed by atoms with Crippen LogP contribution in [0, 0.1) is 0 Å². The second kappa shape index (κ2) is 7.35. The maximum atomic E-state index is 13.1. The highest BCUT2D eigenvalue weighted by atomic mass is 16.2. The van der Waals surface area contributed by atoms with Crippen molar-refractivity contribution in [2.24, 2.45) is 7.05 Å². The molecule has 1 aromatic carbocycles. The molecule has 1 fully saturated rings. The molecule has 0 saturated carbocycles. The van der Waals surface area contributed by atoms with Gasteiger partial charge in [-0.1, -0.05) is 12.1 Å². The Morgan fingerprint density at radius 3 is 2.83 bits per heavy atom. The van der Waals surface area contributed by atoms with Crippen LogP contribution in [0.15, 0.2) is 36.7 Å². The molecule has 0 aliphatic carbocycles. The zero-order valence-electron chi connectivity index (χ0n) is 16.7. The number of rotatable bonds is 6. The van der Waals surface area contributed by atoms with Gasteiger partial charge in [0.05, 0.1) is 17.4 Å². The Balaban J connectivity index is 1.43. The number of amides is 3. The van der Waals surface area contributed by atoms with Crippen LogP contribution in [0.25, 0.3) is 0 Å². The first kappa shape index (κ1) is 19.2. The Morgan fingerprint density at radius 1 is 1.28 bits per heavy atom. The minimum atomic E-state index is -0.810. The van der Waals surface area contributed by atoms with E-state index in [1.54, 1.807) is 27.8 Å². The lowest BCUT2D eigenvalue weighted by Crippen LogP contribution is -2.63. The zero-order chi connectivity index (χ0) is 20.6. The van der Waals surface area contributed by atoms with Crippen molar-refractivity contribution in [2.75, 3.05) is 18.0 Å². The van der Waals surface area contributed by atoms with E-state index in [4.69, 9.17) is 0 Å². The molecule has 4 rings (SSSR count). The molecule has 1 atom stereocenters. The number of nitrogens with one attached hydrogen (secondary N) is 1. The first-order valence-corrected chi connectivity index (χ1v) is 9.88. The van der Waals surface area contributed by atoms with E-state index in [-0.39, 0.29) is 24.3 Å². The maximum absolute atomic E-state index is 13.1. The number of para-hydroxylation sites is 1. The summed E-state index contributed by atoms with van der Waals surface area (Å²) in [6, 6.07) is 7.10. The second-order valence-electron chi connectivity index (χ2n) is 7.83. The normalized spacial score (nSPS) is 20.6. The van der Waals surface area contributed by atoms with Crippen molar-refractivity contribution in [1.29, 1.82) is 0 Å². The highest BCUT2D eigenvalue weighted by Crippen LogP contribution is 2.43. The number of fused-ring (bicyclic) bond motifs is 3. The summed E-state index contributed by atoms with van der Waals surface area (Å²) in [5.41, 5.74) is 1.41. The van der Waals surface area contributed by atoms with Crippen LogP contribution in [0.1, 0.15) is 42.1 Å². The van der Waals surface area contributed by atoms with E-state index in [2.05, 4.69) is 10.4 Å². The molecule has 1 saturated heterocycles. The molecule has 29 heavy (non-hydrogen) atoms. The van der Waals surface area contributed by atoms with Crippen LogP contribution in [0.3, 0.4) is 0 Å². The van der Waals surface area contributed by atoms with Gasteiger partial charge in [0, 0.05) is 26.2 Å². The number of aryl methyl sites for hydroxylation is 2. The fraction of sp³-hybridized carbons (Fsp3) is 0.429. The zero-order valence-corrected chi connectivity index (χ0v) is 16.7. The standard InChI is InChI=1S/C21H25N5O3/c1-21-10-9-19(28)26(21)17-8-4-3-7-16(17)20(29)25(21)14-18(27)22-11-5-6-15-12-23-24(2)13-15/h3-4,7-8,12-13H,5-6,9-11,14H2,1-2H3,(H,22,27). The quantitative estimate of drug-likeness (QED) is 0.751. The molecule has 8 heteroatoms. The molecule has 1 unspecified atom stereocenters. The van der Waals surface area contributed by atoms with E-state index in [0.717, 1.165) is 18.4 Å². The number of nitrogens with zero attached hydrogens (tertiary/aromatic N) is 4. The van der Waals surface area contributed by atoms with Crippen LogP contribution in [-0.4, -0.2) is 51.2 Å². The Labute approximate surface area is 169 Å². The Kier molecular flexibility index (Phi) is 4.86. The summed E-state index contributed by atoms with van der Waals surface area (Å²) in [6.07, 6.45) is 6.26. The van der Waals surface area contributed by atoms with Crippen molar-refractivity contribution in [3.63, 3.8) is 0 Å². The summed E-state index contributed by atoms with van der Waals surface area (Å²) in [4.78, 5) is 41.5. The van der Waals surface area contributed by atoms with E-state index in [1.807, 2.05) is 32.4 Å². The van der Waals surface area contributed by atoms with Crippen molar-refractivity contribution >= 4 is 23.4 Å². The van der Waals surface area contributed by atoms with E-state index in [1.165, 1.54) is 4.90 Å².